The summed E-state index contributed by atoms with van der Waals surface area (Å²) in [6.45, 7) is 1.65. The van der Waals surface area contributed by atoms with Crippen molar-refractivity contribution in [2.75, 3.05) is 18.6 Å². The molecule has 0 aromatic rings. The van der Waals surface area contributed by atoms with Crippen LogP contribution in [0, 0.1) is 0 Å². The summed E-state index contributed by atoms with van der Waals surface area (Å²) in [5.41, 5.74) is -0.754. The molecule has 1 aliphatic carbocycles. The zero-order valence-electron chi connectivity index (χ0n) is 10.2. The van der Waals surface area contributed by atoms with E-state index >= 15 is 0 Å². The average molecular weight is 249 g/mol. The highest BCUT2D eigenvalue weighted by molar-refractivity contribution is 7.91. The van der Waals surface area contributed by atoms with Crippen LogP contribution in [0.25, 0.3) is 0 Å². The lowest BCUT2D eigenvalue weighted by molar-refractivity contribution is -0.00541. The Morgan fingerprint density at radius 3 is 2.38 bits per heavy atom. The summed E-state index contributed by atoms with van der Waals surface area (Å²) >= 11 is 0. The van der Waals surface area contributed by atoms with Crippen molar-refractivity contribution in [2.24, 2.45) is 0 Å². The average Bonchev–Trinajstić information content (AvgIpc) is 2.28. The lowest BCUT2D eigenvalue weighted by Gasteiger charge is -2.35. The molecule has 0 saturated heterocycles. The monoisotopic (exact) mass is 249 g/mol. The normalized spacial score (nSPS) is 31.6. The molecule has 1 aliphatic rings. The summed E-state index contributed by atoms with van der Waals surface area (Å²) < 4.78 is 22.8. The van der Waals surface area contributed by atoms with E-state index in [4.69, 9.17) is 0 Å². The topological polar surface area (TPSA) is 66.4 Å². The first-order chi connectivity index (χ1) is 7.41. The predicted octanol–water partition coefficient (Wildman–Crippen LogP) is 0.704. The third kappa shape index (κ3) is 4.03. The molecule has 0 aliphatic heterocycles. The minimum Gasteiger partial charge on any atom is -0.390 e. The molecule has 0 amide bonds. The van der Waals surface area contributed by atoms with Crippen LogP contribution in [-0.2, 0) is 9.84 Å². The zero-order valence-corrected chi connectivity index (χ0v) is 11.0. The van der Waals surface area contributed by atoms with E-state index in [1.54, 1.807) is 6.92 Å². The van der Waals surface area contributed by atoms with Crippen LogP contribution >= 0.6 is 0 Å². The van der Waals surface area contributed by atoms with Crippen LogP contribution in [0.15, 0.2) is 0 Å². The molecule has 4 nitrogen and oxygen atoms in total. The van der Waals surface area contributed by atoms with Gasteiger partial charge < -0.3 is 10.4 Å². The van der Waals surface area contributed by atoms with Gasteiger partial charge in [0, 0.05) is 11.8 Å². The Kier molecular flexibility index (Phi) is 4.76. The molecule has 0 atom stereocenters. The van der Waals surface area contributed by atoms with Gasteiger partial charge in [-0.25, -0.2) is 8.42 Å². The second-order valence-corrected chi connectivity index (χ2v) is 7.25. The highest BCUT2D eigenvalue weighted by Gasteiger charge is 2.33. The number of rotatable bonds is 5. The number of hydrogen-bond donors (Lipinski definition) is 2. The van der Waals surface area contributed by atoms with Crippen molar-refractivity contribution in [1.29, 1.82) is 0 Å². The van der Waals surface area contributed by atoms with E-state index in [0.717, 1.165) is 12.8 Å². The quantitative estimate of drug-likeness (QED) is 0.753. The van der Waals surface area contributed by atoms with E-state index in [9.17, 15) is 13.5 Å². The van der Waals surface area contributed by atoms with E-state index in [1.165, 1.54) is 0 Å². The maximum absolute atomic E-state index is 11.4. The number of hydrogen-bond acceptors (Lipinski definition) is 4. The highest BCUT2D eigenvalue weighted by Crippen LogP contribution is 2.31. The van der Waals surface area contributed by atoms with Crippen molar-refractivity contribution >= 4 is 9.84 Å². The maximum Gasteiger partial charge on any atom is 0.150 e. The van der Waals surface area contributed by atoms with Gasteiger partial charge in [-0.2, -0.15) is 0 Å². The molecule has 0 spiro atoms. The molecule has 1 fully saturated rings. The molecule has 0 unspecified atom stereocenters. The highest BCUT2D eigenvalue weighted by atomic mass is 32.2. The smallest absolute Gasteiger partial charge is 0.150 e. The van der Waals surface area contributed by atoms with Crippen LogP contribution in [0.5, 0.6) is 0 Å². The Hall–Kier alpha value is -0.130. The number of sulfone groups is 1. The molecule has 0 heterocycles. The Labute approximate surface area is 98.4 Å². The summed E-state index contributed by atoms with van der Waals surface area (Å²) in [6, 6.07) is 0.475. The largest absolute Gasteiger partial charge is 0.390 e. The Bertz CT molecular complexity index is 305. The van der Waals surface area contributed by atoms with Crippen molar-refractivity contribution < 1.29 is 13.5 Å². The molecule has 0 aromatic carbocycles. The lowest BCUT2D eigenvalue weighted by atomic mass is 9.80. The summed E-state index contributed by atoms with van der Waals surface area (Å²) in [4.78, 5) is 0. The van der Waals surface area contributed by atoms with Crippen LogP contribution in [-0.4, -0.2) is 43.7 Å². The van der Waals surface area contributed by atoms with Gasteiger partial charge in [0.15, 0.2) is 0 Å². The van der Waals surface area contributed by atoms with Crippen molar-refractivity contribution in [1.82, 2.24) is 5.32 Å². The fraction of sp³-hybridized carbons (Fsp3) is 1.00. The van der Waals surface area contributed by atoms with Crippen LogP contribution in [0.2, 0.25) is 0 Å². The van der Waals surface area contributed by atoms with E-state index in [1.807, 2.05) is 7.05 Å². The van der Waals surface area contributed by atoms with Gasteiger partial charge in [0.25, 0.3) is 0 Å². The van der Waals surface area contributed by atoms with Gasteiger partial charge in [0.05, 0.1) is 11.4 Å². The summed E-state index contributed by atoms with van der Waals surface area (Å²) in [5, 5.41) is 13.4. The zero-order chi connectivity index (χ0) is 12.2. The second-order valence-electron chi connectivity index (χ2n) is 4.77. The third-order valence-electron chi connectivity index (χ3n) is 3.64. The van der Waals surface area contributed by atoms with Gasteiger partial charge in [-0.05, 0) is 39.2 Å². The Balaban J connectivity index is 2.43. The fourth-order valence-corrected chi connectivity index (χ4v) is 3.16. The van der Waals surface area contributed by atoms with E-state index in [-0.39, 0.29) is 11.5 Å². The Morgan fingerprint density at radius 2 is 1.94 bits per heavy atom. The first-order valence-corrected chi connectivity index (χ1v) is 7.83. The van der Waals surface area contributed by atoms with E-state index in [2.05, 4.69) is 5.32 Å². The number of nitrogens with one attached hydrogen (secondary N) is 1. The summed E-state index contributed by atoms with van der Waals surface area (Å²) in [7, 11) is -1.02. The molecule has 2 N–H and O–H groups in total. The molecule has 1 rings (SSSR count). The van der Waals surface area contributed by atoms with Crippen molar-refractivity contribution in [3.63, 3.8) is 0 Å². The summed E-state index contributed by atoms with van der Waals surface area (Å²) in [6.07, 6.45) is 3.66. The molecule has 96 valence electrons. The third-order valence-corrected chi connectivity index (χ3v) is 5.35. The minimum absolute atomic E-state index is 0.115. The van der Waals surface area contributed by atoms with Crippen molar-refractivity contribution in [3.8, 4) is 0 Å². The van der Waals surface area contributed by atoms with Crippen molar-refractivity contribution in [3.05, 3.63) is 0 Å². The van der Waals surface area contributed by atoms with Crippen LogP contribution in [0.3, 0.4) is 0 Å². The van der Waals surface area contributed by atoms with Gasteiger partial charge in [0.1, 0.15) is 9.84 Å². The predicted molar refractivity (Wildman–Crippen MR) is 65.2 cm³/mol. The first-order valence-electron chi connectivity index (χ1n) is 6.01. The van der Waals surface area contributed by atoms with Crippen molar-refractivity contribution in [2.45, 2.75) is 50.7 Å². The maximum atomic E-state index is 11.4. The van der Waals surface area contributed by atoms with E-state index in [0.29, 0.717) is 25.3 Å². The molecular weight excluding hydrogens is 226 g/mol. The van der Waals surface area contributed by atoms with E-state index < -0.39 is 15.4 Å². The number of aliphatic hydroxyl groups is 1. The second kappa shape index (κ2) is 5.47. The molecule has 0 bridgehead atoms. The van der Waals surface area contributed by atoms with Gasteiger partial charge >= 0.3 is 0 Å². The van der Waals surface area contributed by atoms with Crippen LogP contribution < -0.4 is 5.32 Å². The lowest BCUT2D eigenvalue weighted by Crippen LogP contribution is -2.41. The minimum atomic E-state index is -2.95. The molecule has 5 heteroatoms. The molecule has 0 radical (unpaired) electrons. The summed E-state index contributed by atoms with van der Waals surface area (Å²) in [5.74, 6) is 0.284. The van der Waals surface area contributed by atoms with Crippen LogP contribution in [0.1, 0.15) is 39.0 Å². The SMILES string of the molecule is CCS(=O)(=O)CCC1(O)CCC(NC)CC1. The Morgan fingerprint density at radius 1 is 1.38 bits per heavy atom. The fourth-order valence-electron chi connectivity index (χ4n) is 2.18. The molecular formula is C11H23NO3S. The van der Waals surface area contributed by atoms with Gasteiger partial charge in [-0.1, -0.05) is 6.92 Å². The molecule has 1 saturated carbocycles. The molecule has 16 heavy (non-hydrogen) atoms. The standard InChI is InChI=1S/C11H23NO3S/c1-3-16(14,15)9-8-11(13)6-4-10(12-2)5-7-11/h10,12-13H,3-9H2,1-2H3. The van der Waals surface area contributed by atoms with Crippen LogP contribution in [0.4, 0.5) is 0 Å². The first kappa shape index (κ1) is 13.9. The van der Waals surface area contributed by atoms with Gasteiger partial charge in [-0.3, -0.25) is 0 Å². The van der Waals surface area contributed by atoms with Gasteiger partial charge in [-0.15, -0.1) is 0 Å². The van der Waals surface area contributed by atoms with Gasteiger partial charge in [0.2, 0.25) is 0 Å². The molecule has 0 aromatic heterocycles.